The molecule has 0 unspecified atom stereocenters. The molecule has 1 nitrogen and oxygen atoms in total. The van der Waals surface area contributed by atoms with Crippen LogP contribution in [-0.4, -0.2) is 5.11 Å². The third-order valence-corrected chi connectivity index (χ3v) is 2.46. The highest BCUT2D eigenvalue weighted by Crippen LogP contribution is 2.41. The third-order valence-electron chi connectivity index (χ3n) is 2.46. The van der Waals surface area contributed by atoms with E-state index in [-0.39, 0.29) is 0 Å². The van der Waals surface area contributed by atoms with Crippen molar-refractivity contribution < 1.29 is 5.11 Å². The number of benzene rings is 1. The monoisotopic (exact) mass is 161 g/mol. The van der Waals surface area contributed by atoms with Gasteiger partial charge in [0.2, 0.25) is 0 Å². The van der Waals surface area contributed by atoms with E-state index in [0.29, 0.717) is 0 Å². The summed E-state index contributed by atoms with van der Waals surface area (Å²) in [5, 5.41) is 8.78. The molecule has 1 aromatic carbocycles. The van der Waals surface area contributed by atoms with Gasteiger partial charge in [-0.25, -0.2) is 0 Å². The molecule has 2 rings (SSSR count). The normalized spacial score (nSPS) is 16.5. The van der Waals surface area contributed by atoms with Gasteiger partial charge in [0, 0.05) is 0 Å². The van der Waals surface area contributed by atoms with Crippen molar-refractivity contribution in [1.82, 2.24) is 0 Å². The molecule has 1 aromatic rings. The van der Waals surface area contributed by atoms with Gasteiger partial charge in [-0.15, -0.1) is 0 Å². The molecule has 1 heteroatoms. The molecule has 1 saturated carbocycles. The minimum absolute atomic E-state index is 0.803. The molecule has 0 atom stereocenters. The molecule has 63 valence electrons. The average molecular weight is 161 g/mol. The van der Waals surface area contributed by atoms with Crippen LogP contribution in [0.2, 0.25) is 0 Å². The van der Waals surface area contributed by atoms with E-state index in [1.807, 2.05) is 12.1 Å². The lowest BCUT2D eigenvalue weighted by Gasteiger charge is -2.04. The van der Waals surface area contributed by atoms with Crippen molar-refractivity contribution in [3.05, 3.63) is 41.5 Å². The smallest absolute Gasteiger partial charge is 0.109 e. The lowest BCUT2D eigenvalue weighted by molar-refractivity contribution is 0.415. The van der Waals surface area contributed by atoms with Crippen molar-refractivity contribution in [2.75, 3.05) is 0 Å². The minimum Gasteiger partial charge on any atom is -0.385 e. The quantitative estimate of drug-likeness (QED) is 0.707. The Balaban J connectivity index is 2.32. The number of hydrogen-bond acceptors (Lipinski definition) is 1. The summed E-state index contributed by atoms with van der Waals surface area (Å²) < 4.78 is 0. The molecular weight excluding hydrogens is 148 g/mol. The van der Waals surface area contributed by atoms with E-state index >= 15 is 0 Å². The summed E-state index contributed by atoms with van der Waals surface area (Å²) in [4.78, 5) is 0. The van der Waals surface area contributed by atoms with Crippen molar-refractivity contribution in [3.8, 4) is 0 Å². The molecule has 1 aliphatic rings. The number of aliphatic hydroxyl groups excluding tert-OH is 1. The molecule has 0 spiro atoms. The lowest BCUT2D eigenvalue weighted by Crippen LogP contribution is -1.88. The summed E-state index contributed by atoms with van der Waals surface area (Å²) in [6.45, 7) is 3.27. The Hall–Kier alpha value is -0.820. The van der Waals surface area contributed by atoms with Gasteiger partial charge in [0.15, 0.2) is 0 Å². The number of aliphatic hydroxyl groups is 1. The van der Waals surface area contributed by atoms with Crippen LogP contribution in [0.3, 0.4) is 0 Å². The van der Waals surface area contributed by atoms with Gasteiger partial charge in [-0.2, -0.15) is 0 Å². The van der Waals surface area contributed by atoms with Gasteiger partial charge in [-0.3, -0.25) is 0 Å². The predicted octanol–water partition coefficient (Wildman–Crippen LogP) is 2.75. The highest BCUT2D eigenvalue weighted by molar-refractivity contribution is 5.37. The van der Waals surface area contributed by atoms with Crippen LogP contribution in [0, 0.1) is 13.5 Å². The third kappa shape index (κ3) is 1.37. The molecule has 0 amide bonds. The molecule has 1 fully saturated rings. The summed E-state index contributed by atoms with van der Waals surface area (Å²) in [6, 6.07) is 6.14. The summed E-state index contributed by atoms with van der Waals surface area (Å²) in [7, 11) is 0. The largest absolute Gasteiger partial charge is 0.385 e. The molecule has 0 saturated heterocycles. The van der Waals surface area contributed by atoms with Gasteiger partial charge >= 0.3 is 0 Å². The van der Waals surface area contributed by atoms with Gasteiger partial charge in [0.05, 0.1) is 0 Å². The second-order valence-corrected chi connectivity index (χ2v) is 3.52. The summed E-state index contributed by atoms with van der Waals surface area (Å²) >= 11 is 0. The van der Waals surface area contributed by atoms with Crippen molar-refractivity contribution in [2.24, 2.45) is 0 Å². The number of hydrogen-bond donors (Lipinski definition) is 1. The maximum atomic E-state index is 8.78. The van der Waals surface area contributed by atoms with Crippen LogP contribution in [0.4, 0.5) is 0 Å². The highest BCUT2D eigenvalue weighted by Gasteiger charge is 2.24. The van der Waals surface area contributed by atoms with Crippen molar-refractivity contribution >= 4 is 0 Å². The van der Waals surface area contributed by atoms with Crippen molar-refractivity contribution in [2.45, 2.75) is 25.7 Å². The number of aryl methyl sites for hydroxylation is 1. The maximum absolute atomic E-state index is 8.78. The fraction of sp³-hybridized carbons (Fsp3) is 0.364. The van der Waals surface area contributed by atoms with Gasteiger partial charge in [0.1, 0.15) is 6.61 Å². The Morgan fingerprint density at radius 2 is 2.17 bits per heavy atom. The first kappa shape index (κ1) is 7.81. The van der Waals surface area contributed by atoms with E-state index in [0.717, 1.165) is 18.1 Å². The van der Waals surface area contributed by atoms with Crippen LogP contribution in [0.5, 0.6) is 0 Å². The molecule has 0 aromatic heterocycles. The summed E-state index contributed by atoms with van der Waals surface area (Å²) in [5.41, 5.74) is 3.66. The summed E-state index contributed by atoms with van der Waals surface area (Å²) in [6.07, 6.45) is 2.67. The predicted molar refractivity (Wildman–Crippen MR) is 48.5 cm³/mol. The van der Waals surface area contributed by atoms with E-state index in [2.05, 4.69) is 13.0 Å². The van der Waals surface area contributed by atoms with E-state index in [4.69, 9.17) is 5.11 Å². The zero-order valence-electron chi connectivity index (χ0n) is 7.25. The molecule has 12 heavy (non-hydrogen) atoms. The molecule has 0 heterocycles. The molecule has 1 aliphatic carbocycles. The van der Waals surface area contributed by atoms with Crippen LogP contribution in [-0.2, 0) is 0 Å². The Morgan fingerprint density at radius 1 is 1.42 bits per heavy atom. The van der Waals surface area contributed by atoms with E-state index in [1.165, 1.54) is 24.0 Å². The molecule has 1 N–H and O–H groups in total. The Kier molecular flexibility index (Phi) is 1.89. The fourth-order valence-corrected chi connectivity index (χ4v) is 1.63. The fourth-order valence-electron chi connectivity index (χ4n) is 1.63. The first-order valence-electron chi connectivity index (χ1n) is 4.39. The van der Waals surface area contributed by atoms with Crippen LogP contribution < -0.4 is 0 Å². The zero-order chi connectivity index (χ0) is 8.55. The molecule has 0 aliphatic heterocycles. The molecule has 1 radical (unpaired) electrons. The minimum atomic E-state index is 0.803. The maximum Gasteiger partial charge on any atom is 0.109 e. The average Bonchev–Trinajstić information content (AvgIpc) is 2.87. The van der Waals surface area contributed by atoms with Crippen molar-refractivity contribution in [3.63, 3.8) is 0 Å². The first-order valence-corrected chi connectivity index (χ1v) is 4.39. The zero-order valence-corrected chi connectivity index (χ0v) is 7.25. The molecule has 0 bridgehead atoms. The number of rotatable bonds is 2. The van der Waals surface area contributed by atoms with Crippen LogP contribution in [0.25, 0.3) is 0 Å². The Morgan fingerprint density at radius 3 is 2.67 bits per heavy atom. The van der Waals surface area contributed by atoms with E-state index in [9.17, 15) is 0 Å². The van der Waals surface area contributed by atoms with Crippen LogP contribution in [0.1, 0.15) is 35.4 Å². The standard InChI is InChI=1S/C11H13O/c1-8-6-9(7-12)2-5-11(8)10-3-4-10/h2,5-7,10,12H,3-4H2,1H3. The lowest BCUT2D eigenvalue weighted by atomic mass is 10.0. The van der Waals surface area contributed by atoms with Crippen LogP contribution >= 0.6 is 0 Å². The van der Waals surface area contributed by atoms with E-state index < -0.39 is 0 Å². The van der Waals surface area contributed by atoms with Gasteiger partial charge in [-0.05, 0) is 42.4 Å². The first-order chi connectivity index (χ1) is 5.81. The second-order valence-electron chi connectivity index (χ2n) is 3.52. The Bertz CT molecular complexity index is 287. The van der Waals surface area contributed by atoms with Gasteiger partial charge in [0.25, 0.3) is 0 Å². The van der Waals surface area contributed by atoms with Gasteiger partial charge in [-0.1, -0.05) is 18.2 Å². The SMILES string of the molecule is Cc1cc([CH]O)ccc1C1CC1. The van der Waals surface area contributed by atoms with Crippen molar-refractivity contribution in [1.29, 1.82) is 0 Å². The second kappa shape index (κ2) is 2.91. The topological polar surface area (TPSA) is 20.2 Å². The van der Waals surface area contributed by atoms with E-state index in [1.54, 1.807) is 0 Å². The summed E-state index contributed by atoms with van der Waals surface area (Å²) in [5.74, 6) is 0.803. The van der Waals surface area contributed by atoms with Crippen LogP contribution in [0.15, 0.2) is 18.2 Å². The highest BCUT2D eigenvalue weighted by atomic mass is 16.3. The molecular formula is C11H13O. The Labute approximate surface area is 73.0 Å². The van der Waals surface area contributed by atoms with Gasteiger partial charge < -0.3 is 5.11 Å².